The quantitative estimate of drug-likeness (QED) is 0.850. The first-order valence-corrected chi connectivity index (χ1v) is 9.07. The summed E-state index contributed by atoms with van der Waals surface area (Å²) in [6.45, 7) is 0.464. The summed E-state index contributed by atoms with van der Waals surface area (Å²) in [5.41, 5.74) is -0.101. The Morgan fingerprint density at radius 1 is 1.24 bits per heavy atom. The molecule has 1 aromatic carbocycles. The topological polar surface area (TPSA) is 90.7 Å². The molecule has 1 fully saturated rings. The van der Waals surface area contributed by atoms with Gasteiger partial charge in [-0.05, 0) is 12.1 Å². The number of rotatable bonds is 4. The molecular formula is C17H17ClN2O4S. The fourth-order valence-electron chi connectivity index (χ4n) is 2.72. The van der Waals surface area contributed by atoms with E-state index in [9.17, 15) is 14.7 Å². The highest BCUT2D eigenvalue weighted by molar-refractivity contribution is 7.13. The lowest BCUT2D eigenvalue weighted by molar-refractivity contribution is -0.165. The van der Waals surface area contributed by atoms with Crippen molar-refractivity contribution >= 4 is 34.8 Å². The lowest BCUT2D eigenvalue weighted by Gasteiger charge is -2.35. The Balaban J connectivity index is 1.61. The first-order chi connectivity index (χ1) is 11.9. The number of likely N-dealkylation sites (tertiary alicyclic amines) is 1. The maximum atomic E-state index is 12.4. The fourth-order valence-corrected chi connectivity index (χ4v) is 3.67. The molecule has 1 saturated heterocycles. The van der Waals surface area contributed by atoms with Crippen LogP contribution in [0.2, 0.25) is 5.02 Å². The van der Waals surface area contributed by atoms with Crippen molar-refractivity contribution in [3.63, 3.8) is 0 Å². The molecular weight excluding hydrogens is 364 g/mol. The van der Waals surface area contributed by atoms with Crippen molar-refractivity contribution < 1.29 is 19.8 Å². The number of piperidine rings is 1. The van der Waals surface area contributed by atoms with E-state index in [1.165, 1.54) is 11.3 Å². The van der Waals surface area contributed by atoms with E-state index in [-0.39, 0.29) is 38.3 Å². The van der Waals surface area contributed by atoms with Gasteiger partial charge < -0.3 is 15.1 Å². The van der Waals surface area contributed by atoms with Crippen LogP contribution in [0.25, 0.3) is 10.6 Å². The molecule has 1 aliphatic heterocycles. The molecule has 0 saturated carbocycles. The molecule has 6 nitrogen and oxygen atoms in total. The summed E-state index contributed by atoms with van der Waals surface area (Å²) >= 11 is 7.34. The number of hydrogen-bond donors (Lipinski definition) is 2. The molecule has 0 aliphatic carbocycles. The van der Waals surface area contributed by atoms with Crippen molar-refractivity contribution in [3.05, 3.63) is 40.4 Å². The van der Waals surface area contributed by atoms with Crippen LogP contribution in [0.1, 0.15) is 18.5 Å². The van der Waals surface area contributed by atoms with Crippen molar-refractivity contribution in [1.29, 1.82) is 0 Å². The number of carbonyl (C=O) groups is 2. The van der Waals surface area contributed by atoms with Crippen LogP contribution >= 0.6 is 22.9 Å². The van der Waals surface area contributed by atoms with Gasteiger partial charge in [-0.15, -0.1) is 11.3 Å². The maximum Gasteiger partial charge on any atom is 0.335 e. The summed E-state index contributed by atoms with van der Waals surface area (Å²) in [7, 11) is 0. The van der Waals surface area contributed by atoms with Gasteiger partial charge in [-0.1, -0.05) is 23.7 Å². The van der Waals surface area contributed by atoms with Crippen LogP contribution in [-0.2, 0) is 16.0 Å². The van der Waals surface area contributed by atoms with Gasteiger partial charge in [0.25, 0.3) is 0 Å². The summed E-state index contributed by atoms with van der Waals surface area (Å²) in [6, 6.07) is 7.34. The Morgan fingerprint density at radius 2 is 1.88 bits per heavy atom. The predicted molar refractivity (Wildman–Crippen MR) is 94.7 cm³/mol. The number of aliphatic hydroxyl groups is 1. The van der Waals surface area contributed by atoms with Crippen molar-refractivity contribution in [1.82, 2.24) is 9.88 Å². The highest BCUT2D eigenvalue weighted by Crippen LogP contribution is 2.26. The van der Waals surface area contributed by atoms with Crippen LogP contribution in [0.4, 0.5) is 0 Å². The zero-order valence-corrected chi connectivity index (χ0v) is 14.9. The molecule has 0 bridgehead atoms. The molecule has 8 heteroatoms. The Morgan fingerprint density at radius 3 is 2.48 bits per heavy atom. The van der Waals surface area contributed by atoms with E-state index < -0.39 is 11.6 Å². The Bertz CT molecular complexity index is 782. The molecule has 0 unspecified atom stereocenters. The van der Waals surface area contributed by atoms with Crippen LogP contribution in [0.3, 0.4) is 0 Å². The minimum atomic E-state index is -1.72. The zero-order chi connectivity index (χ0) is 18.0. The monoisotopic (exact) mass is 380 g/mol. The van der Waals surface area contributed by atoms with Gasteiger partial charge in [0.15, 0.2) is 5.60 Å². The van der Waals surface area contributed by atoms with Crippen LogP contribution in [0.15, 0.2) is 29.6 Å². The number of aliphatic carboxylic acids is 1. The second-order valence-electron chi connectivity index (χ2n) is 6.05. The first kappa shape index (κ1) is 17.8. The van der Waals surface area contributed by atoms with E-state index >= 15 is 0 Å². The molecule has 132 valence electrons. The van der Waals surface area contributed by atoms with Crippen LogP contribution in [-0.4, -0.2) is 50.7 Å². The summed E-state index contributed by atoms with van der Waals surface area (Å²) in [6.07, 6.45) is 0.248. The van der Waals surface area contributed by atoms with Crippen molar-refractivity contribution in [2.75, 3.05) is 13.1 Å². The van der Waals surface area contributed by atoms with E-state index in [1.54, 1.807) is 17.0 Å². The minimum Gasteiger partial charge on any atom is -0.479 e. The lowest BCUT2D eigenvalue weighted by atomic mass is 9.91. The van der Waals surface area contributed by atoms with Gasteiger partial charge in [0.05, 0.1) is 12.1 Å². The van der Waals surface area contributed by atoms with E-state index in [1.807, 2.05) is 17.5 Å². The predicted octanol–water partition coefficient (Wildman–Crippen LogP) is 2.44. The first-order valence-electron chi connectivity index (χ1n) is 7.81. The number of halogens is 1. The number of nitrogens with zero attached hydrogens (tertiary/aromatic N) is 2. The van der Waals surface area contributed by atoms with Gasteiger partial charge in [0, 0.05) is 41.9 Å². The van der Waals surface area contributed by atoms with Crippen LogP contribution < -0.4 is 0 Å². The molecule has 2 aromatic rings. The third-order valence-corrected chi connectivity index (χ3v) is 5.51. The molecule has 0 atom stereocenters. The number of carbonyl (C=O) groups excluding carboxylic acids is 1. The smallest absolute Gasteiger partial charge is 0.335 e. The molecule has 0 radical (unpaired) electrons. The van der Waals surface area contributed by atoms with E-state index in [2.05, 4.69) is 4.98 Å². The largest absolute Gasteiger partial charge is 0.479 e. The van der Waals surface area contributed by atoms with Gasteiger partial charge in [-0.3, -0.25) is 4.79 Å². The molecule has 1 amide bonds. The highest BCUT2D eigenvalue weighted by Gasteiger charge is 2.40. The highest BCUT2D eigenvalue weighted by atomic mass is 35.5. The maximum absolute atomic E-state index is 12.4. The summed E-state index contributed by atoms with van der Waals surface area (Å²) < 4.78 is 0. The van der Waals surface area contributed by atoms with E-state index in [0.29, 0.717) is 10.7 Å². The molecule has 0 spiro atoms. The van der Waals surface area contributed by atoms with E-state index in [0.717, 1.165) is 10.6 Å². The average Bonchev–Trinajstić information content (AvgIpc) is 3.04. The molecule has 1 aromatic heterocycles. The second-order valence-corrected chi connectivity index (χ2v) is 7.34. The van der Waals surface area contributed by atoms with Gasteiger partial charge in [-0.25, -0.2) is 9.78 Å². The molecule has 2 N–H and O–H groups in total. The number of carboxylic acids is 1. The van der Waals surface area contributed by atoms with Crippen molar-refractivity contribution in [2.45, 2.75) is 24.9 Å². The van der Waals surface area contributed by atoms with Gasteiger partial charge in [0.1, 0.15) is 5.01 Å². The number of hydrogen-bond acceptors (Lipinski definition) is 5. The number of thiazole rings is 1. The molecule has 1 aliphatic rings. The van der Waals surface area contributed by atoms with Crippen LogP contribution in [0, 0.1) is 0 Å². The Labute approximate surface area is 153 Å². The standard InChI is InChI=1S/C17H17ClN2O4S/c18-12-3-1-11(2-4-12)15-19-13(10-25-15)9-14(21)20-7-5-17(24,6-8-20)16(22)23/h1-4,10,24H,5-9H2,(H,22,23). The van der Waals surface area contributed by atoms with Gasteiger partial charge in [0.2, 0.25) is 5.91 Å². The second kappa shape index (κ2) is 7.11. The molecule has 2 heterocycles. The summed E-state index contributed by atoms with van der Waals surface area (Å²) in [4.78, 5) is 29.5. The third kappa shape index (κ3) is 4.00. The minimum absolute atomic E-state index is 0.0428. The number of carboxylic acid groups (broad SMARTS) is 1. The Hall–Kier alpha value is -1.96. The van der Waals surface area contributed by atoms with E-state index in [4.69, 9.17) is 16.7 Å². The molecule has 3 rings (SSSR count). The number of amides is 1. The third-order valence-electron chi connectivity index (χ3n) is 4.32. The number of aromatic nitrogens is 1. The average molecular weight is 381 g/mol. The van der Waals surface area contributed by atoms with Gasteiger partial charge >= 0.3 is 5.97 Å². The lowest BCUT2D eigenvalue weighted by Crippen LogP contribution is -2.51. The molecule has 25 heavy (non-hydrogen) atoms. The fraction of sp³-hybridized carbons (Fsp3) is 0.353. The van der Waals surface area contributed by atoms with Crippen molar-refractivity contribution in [2.24, 2.45) is 0 Å². The summed E-state index contributed by atoms with van der Waals surface area (Å²) in [5, 5.41) is 22.3. The normalized spacial score (nSPS) is 16.6. The van der Waals surface area contributed by atoms with Crippen molar-refractivity contribution in [3.8, 4) is 10.6 Å². The number of benzene rings is 1. The van der Waals surface area contributed by atoms with Gasteiger partial charge in [-0.2, -0.15) is 0 Å². The van der Waals surface area contributed by atoms with Crippen LogP contribution in [0.5, 0.6) is 0 Å². The SMILES string of the molecule is O=C(Cc1csc(-c2ccc(Cl)cc2)n1)N1CCC(O)(C(=O)O)CC1. The summed E-state index contributed by atoms with van der Waals surface area (Å²) in [5.74, 6) is -1.34. The Kier molecular flexibility index (Phi) is 5.08. The zero-order valence-electron chi connectivity index (χ0n) is 13.3.